The predicted molar refractivity (Wildman–Crippen MR) is 473 cm³/mol. The van der Waals surface area contributed by atoms with Gasteiger partial charge >= 0.3 is 0 Å². The Morgan fingerprint density at radius 1 is 0.268 bits per heavy atom. The van der Waals surface area contributed by atoms with Crippen LogP contribution in [0.2, 0.25) is 23.3 Å². The molecule has 4 atom stereocenters. The van der Waals surface area contributed by atoms with Crippen LogP contribution in [-0.2, 0) is 0 Å². The van der Waals surface area contributed by atoms with E-state index >= 15 is 0 Å². The lowest BCUT2D eigenvalue weighted by Crippen LogP contribution is -2.57. The molecule has 0 bridgehead atoms. The molecule has 0 saturated heterocycles. The summed E-state index contributed by atoms with van der Waals surface area (Å²) < 4.78 is 5.50. The molecule has 0 N–H and O–H groups in total. The van der Waals surface area contributed by atoms with Gasteiger partial charge in [0.15, 0.2) is 0 Å². The molecular formula is C48H72B32N2. The fourth-order valence-corrected chi connectivity index (χ4v) is 16.0. The molecular weight excluding hydrogens is 951 g/mol. The van der Waals surface area contributed by atoms with Gasteiger partial charge in [-0.3, -0.25) is 0 Å². The van der Waals surface area contributed by atoms with Gasteiger partial charge < -0.3 is 9.13 Å². The Morgan fingerprint density at radius 2 is 0.537 bits per heavy atom. The summed E-state index contributed by atoms with van der Waals surface area (Å²) in [6, 6.07) is 0. The predicted octanol–water partition coefficient (Wildman–Crippen LogP) is -35.6. The first kappa shape index (κ1) is 64.0. The molecule has 0 aliphatic carbocycles. The fourth-order valence-electron chi connectivity index (χ4n) is 16.0. The fraction of sp³-hybridized carbons (Fsp3) is 0.0833. The second kappa shape index (κ2) is 23.3. The summed E-state index contributed by atoms with van der Waals surface area (Å²) in [5.41, 5.74) is 50.0. The Hall–Kier alpha value is -4.04. The zero-order valence-electron chi connectivity index (χ0n) is 57.5. The Kier molecular flexibility index (Phi) is 18.2. The summed E-state index contributed by atoms with van der Waals surface area (Å²) in [7, 11) is 76.0. The van der Waals surface area contributed by atoms with Crippen LogP contribution in [0.3, 0.4) is 0 Å². The molecule has 2 aromatic heterocycles. The van der Waals surface area contributed by atoms with Gasteiger partial charge in [-0.2, -0.15) is 0 Å². The summed E-state index contributed by atoms with van der Waals surface area (Å²) in [6.07, 6.45) is 0. The van der Waals surface area contributed by atoms with E-state index < -0.39 is 0 Å². The van der Waals surface area contributed by atoms with E-state index in [0.717, 1.165) is 0 Å². The molecule has 0 spiro atoms. The summed E-state index contributed by atoms with van der Waals surface area (Å²) >= 11 is 0. The minimum atomic E-state index is 0.224. The maximum absolute atomic E-state index is 2.75. The zero-order valence-corrected chi connectivity index (χ0v) is 57.5. The normalized spacial score (nSPS) is 14.3. The van der Waals surface area contributed by atoms with Crippen LogP contribution in [0.5, 0.6) is 0 Å². The summed E-state index contributed by atoms with van der Waals surface area (Å²) in [5.74, 6) is 10.9. The molecule has 82 heavy (non-hydrogen) atoms. The summed E-state index contributed by atoms with van der Waals surface area (Å²) in [6.45, 7) is 0. The van der Waals surface area contributed by atoms with E-state index in [0.29, 0.717) is 11.6 Å². The third-order valence-electron chi connectivity index (χ3n) is 23.2. The van der Waals surface area contributed by atoms with E-state index in [2.05, 4.69) is 284 Å². The monoisotopic (exact) mass is 1030 g/mol. The average molecular weight is 1020 g/mol. The second-order valence-corrected chi connectivity index (χ2v) is 26.2. The van der Waals surface area contributed by atoms with E-state index in [1.54, 1.807) is 0 Å². The van der Waals surface area contributed by atoms with E-state index in [1.165, 1.54) is 220 Å². The van der Waals surface area contributed by atoms with Crippen molar-refractivity contribution in [2.24, 2.45) is 0 Å². The molecule has 0 fully saturated rings. The molecule has 2 heterocycles. The smallest absolute Gasteiger partial charge is 0.141 e. The number of benzene rings is 6. The van der Waals surface area contributed by atoms with Gasteiger partial charge in [0.2, 0.25) is 0 Å². The molecule has 6 aromatic carbocycles. The van der Waals surface area contributed by atoms with Gasteiger partial charge in [0.25, 0.3) is 0 Å². The van der Waals surface area contributed by atoms with Crippen LogP contribution >= 0.6 is 0 Å². The molecule has 2 nitrogen and oxygen atoms in total. The van der Waals surface area contributed by atoms with Crippen molar-refractivity contribution in [3.05, 3.63) is 40.5 Å². The molecule has 0 radical (unpaired) electrons. The van der Waals surface area contributed by atoms with Crippen LogP contribution in [0.1, 0.15) is 0 Å². The minimum Gasteiger partial charge on any atom is -0.316 e. The molecule has 370 valence electrons. The van der Waals surface area contributed by atoms with Crippen LogP contribution in [-0.4, -0.2) is 260 Å². The van der Waals surface area contributed by atoms with E-state index in [1.807, 2.05) is 0 Å². The second-order valence-electron chi connectivity index (χ2n) is 26.2. The average Bonchev–Trinajstić information content (AvgIpc) is 1.64. The number of fused-ring (bicyclic) bond motifs is 6. The number of hydrogen-bond donors (Lipinski definition) is 0. The van der Waals surface area contributed by atoms with Crippen LogP contribution in [0.25, 0.3) is 77.2 Å². The first-order chi connectivity index (χ1) is 38.3. The van der Waals surface area contributed by atoms with Gasteiger partial charge in [0, 0.05) is 44.2 Å². The molecule has 0 aliphatic heterocycles. The number of rotatable bonds is 11. The Labute approximate surface area is 523 Å². The van der Waals surface area contributed by atoms with Gasteiger partial charge in [-0.25, -0.2) is 0 Å². The minimum absolute atomic E-state index is 0.224. The molecule has 34 heteroatoms. The number of allylic oxidation sites excluding steroid dienone is 4. The van der Waals surface area contributed by atoms with Crippen molar-refractivity contribution >= 4 is 426 Å². The first-order valence-corrected chi connectivity index (χ1v) is 31.2. The summed E-state index contributed by atoms with van der Waals surface area (Å²) in [5, 5.41) is 5.61. The van der Waals surface area contributed by atoms with Crippen molar-refractivity contribution in [2.45, 2.75) is 23.3 Å². The van der Waals surface area contributed by atoms with E-state index in [4.69, 9.17) is 0 Å². The first-order valence-electron chi connectivity index (χ1n) is 31.2. The quantitative estimate of drug-likeness (QED) is 0.0903. The maximum Gasteiger partial charge on any atom is 0.141 e. The topological polar surface area (TPSA) is 9.86 Å². The van der Waals surface area contributed by atoms with Crippen molar-refractivity contribution in [3.63, 3.8) is 0 Å². The van der Waals surface area contributed by atoms with Crippen LogP contribution in [0, 0.1) is 0 Å². The van der Waals surface area contributed by atoms with E-state index in [-0.39, 0.29) is 11.6 Å². The van der Waals surface area contributed by atoms with Crippen molar-refractivity contribution in [3.8, 4) is 27.9 Å². The number of nitrogens with zero attached hydrogens (tertiary/aromatic N) is 2. The van der Waals surface area contributed by atoms with Gasteiger partial charge in [-0.15, -0.1) is 56.7 Å². The van der Waals surface area contributed by atoms with Crippen LogP contribution < -0.4 is 126 Å². The highest BCUT2D eigenvalue weighted by Gasteiger charge is 2.33. The lowest BCUT2D eigenvalue weighted by molar-refractivity contribution is 0.893. The molecule has 4 unspecified atom stereocenters. The third kappa shape index (κ3) is 9.15. The third-order valence-corrected chi connectivity index (χ3v) is 23.2. The van der Waals surface area contributed by atoms with Crippen molar-refractivity contribution in [1.82, 2.24) is 9.13 Å². The number of aromatic nitrogens is 2. The zero-order chi connectivity index (χ0) is 61.4. The highest BCUT2D eigenvalue weighted by Crippen LogP contribution is 2.45. The maximum atomic E-state index is 2.75. The van der Waals surface area contributed by atoms with E-state index in [9.17, 15) is 0 Å². The highest BCUT2D eigenvalue weighted by molar-refractivity contribution is 6.75. The van der Waals surface area contributed by atoms with Crippen molar-refractivity contribution < 1.29 is 0 Å². The lowest BCUT2D eigenvalue weighted by atomic mass is 9.51. The van der Waals surface area contributed by atoms with Gasteiger partial charge in [0.1, 0.15) is 251 Å². The highest BCUT2D eigenvalue weighted by atomic mass is 15.0. The Morgan fingerprint density at radius 3 is 0.927 bits per heavy atom. The van der Waals surface area contributed by atoms with Gasteiger partial charge in [-0.05, 0) is 50.5 Å². The SMILES string of the molecule is B/C=C(\C(=C/B)C(B)C(B)/C(B)=C/B)C(B)C(B)/C(=C/B)n1c2c(B)c(B)c(B)c(B)c2c2c(B)c(-c3c(B)c(B)c4c(c3B)c3c(B)c(B)c(B)c(B)c3n4-c3c(B)c(B)c(-c4c(B)c(B)c(B)c(B)c4B)c(B)c3B)c(B)c(B)c21. The molecule has 0 saturated carbocycles. The van der Waals surface area contributed by atoms with Gasteiger partial charge in [-0.1, -0.05) is 115 Å². The standard InChI is InChI=1S/C48H72B32N2/c49-1-5(17(54)19(56)7(53)3-51)6(2-50)18(55)20(57)8(4-52)81-44-13(15-29(66)33(70)36(73)42(79)45(15)81)21(58)9(25(62)38(44)75)10-22(59)14-16-30(67)34(71)37(74)43(80)47(16)82(46(14)39(76)26(10)63)48-40(77)27(64)12(28(65)41(48)78)11-23(60)31(68)35(72)32(69)24(11)61/h1-4,17-20H,49-80H2/b5-1+,6-2+,7-3-,8-4-. The van der Waals surface area contributed by atoms with Crippen LogP contribution in [0.4, 0.5) is 0 Å². The Bertz CT molecular complexity index is 4220. The Balaban J connectivity index is 1.50. The molecule has 8 aromatic rings. The number of hydrogen-bond acceptors (Lipinski definition) is 0. The molecule has 0 aliphatic rings. The van der Waals surface area contributed by atoms with Crippen LogP contribution in [0.15, 0.2) is 40.5 Å². The van der Waals surface area contributed by atoms with Gasteiger partial charge in [0.05, 0.1) is 0 Å². The molecule has 8 rings (SSSR count). The lowest BCUT2D eigenvalue weighted by Gasteiger charge is -2.34. The van der Waals surface area contributed by atoms with Crippen molar-refractivity contribution in [2.75, 3.05) is 0 Å². The summed E-state index contributed by atoms with van der Waals surface area (Å²) in [4.78, 5) is 0. The van der Waals surface area contributed by atoms with Crippen molar-refractivity contribution in [1.29, 1.82) is 0 Å². The molecule has 0 amide bonds. The largest absolute Gasteiger partial charge is 0.316 e.